The Morgan fingerprint density at radius 2 is 2.19 bits per heavy atom. The fourth-order valence-corrected chi connectivity index (χ4v) is 2.35. The third-order valence-corrected chi connectivity index (χ3v) is 3.29. The first-order valence-electron chi connectivity index (χ1n) is 5.78. The predicted molar refractivity (Wildman–Crippen MR) is 64.7 cm³/mol. The molecule has 16 heavy (non-hydrogen) atoms. The van der Waals surface area contributed by atoms with Gasteiger partial charge in [-0.05, 0) is 31.0 Å². The van der Waals surface area contributed by atoms with E-state index in [0.717, 1.165) is 25.2 Å². The van der Waals surface area contributed by atoms with Crippen molar-refractivity contribution in [2.75, 3.05) is 13.2 Å². The van der Waals surface area contributed by atoms with E-state index in [1.165, 1.54) is 16.6 Å². The zero-order valence-electron chi connectivity index (χ0n) is 9.44. The molecule has 2 aromatic rings. The fraction of sp³-hybridized carbons (Fsp3) is 0.357. The van der Waals surface area contributed by atoms with Gasteiger partial charge in [-0.3, -0.25) is 4.98 Å². The van der Waals surface area contributed by atoms with Gasteiger partial charge < -0.3 is 4.74 Å². The average molecular weight is 213 g/mol. The summed E-state index contributed by atoms with van der Waals surface area (Å²) in [7, 11) is 0. The highest BCUT2D eigenvalue weighted by Gasteiger charge is 2.19. The smallest absolute Gasteiger partial charge is 0.0708 e. The topological polar surface area (TPSA) is 22.1 Å². The van der Waals surface area contributed by atoms with Gasteiger partial charge in [0.05, 0.1) is 12.1 Å². The van der Waals surface area contributed by atoms with E-state index in [2.05, 4.69) is 31.2 Å². The van der Waals surface area contributed by atoms with Crippen LogP contribution in [0.1, 0.15) is 23.6 Å². The molecule has 1 unspecified atom stereocenters. The maximum Gasteiger partial charge on any atom is 0.0708 e. The maximum absolute atomic E-state index is 5.42. The molecule has 0 aliphatic carbocycles. The molecule has 2 nitrogen and oxygen atoms in total. The van der Waals surface area contributed by atoms with E-state index in [9.17, 15) is 0 Å². The van der Waals surface area contributed by atoms with Crippen LogP contribution in [-0.4, -0.2) is 18.2 Å². The van der Waals surface area contributed by atoms with Crippen LogP contribution in [0.4, 0.5) is 0 Å². The first-order chi connectivity index (χ1) is 7.84. The van der Waals surface area contributed by atoms with E-state index >= 15 is 0 Å². The van der Waals surface area contributed by atoms with Crippen molar-refractivity contribution in [1.82, 2.24) is 4.98 Å². The van der Waals surface area contributed by atoms with Crippen LogP contribution in [0.5, 0.6) is 0 Å². The summed E-state index contributed by atoms with van der Waals surface area (Å²) >= 11 is 0. The van der Waals surface area contributed by atoms with Gasteiger partial charge in [0.2, 0.25) is 0 Å². The van der Waals surface area contributed by atoms with Gasteiger partial charge in [0.15, 0.2) is 0 Å². The van der Waals surface area contributed by atoms with Gasteiger partial charge in [0, 0.05) is 23.6 Å². The molecule has 0 radical (unpaired) electrons. The van der Waals surface area contributed by atoms with Gasteiger partial charge >= 0.3 is 0 Å². The molecular formula is C14H15NO. The first kappa shape index (κ1) is 9.79. The number of fused-ring (bicyclic) bond motifs is 1. The molecule has 82 valence electrons. The average Bonchev–Trinajstić information content (AvgIpc) is 2.82. The largest absolute Gasteiger partial charge is 0.381 e. The van der Waals surface area contributed by atoms with Crippen molar-refractivity contribution in [3.63, 3.8) is 0 Å². The fourth-order valence-electron chi connectivity index (χ4n) is 2.35. The summed E-state index contributed by atoms with van der Waals surface area (Å²) in [5.41, 5.74) is 3.60. The second kappa shape index (κ2) is 3.87. The van der Waals surface area contributed by atoms with Crippen LogP contribution in [0.2, 0.25) is 0 Å². The molecule has 1 aromatic carbocycles. The van der Waals surface area contributed by atoms with Crippen molar-refractivity contribution in [2.24, 2.45) is 0 Å². The van der Waals surface area contributed by atoms with E-state index in [-0.39, 0.29) is 0 Å². The van der Waals surface area contributed by atoms with Gasteiger partial charge in [0.25, 0.3) is 0 Å². The maximum atomic E-state index is 5.42. The lowest BCUT2D eigenvalue weighted by atomic mass is 10.0. The third-order valence-electron chi connectivity index (χ3n) is 3.29. The van der Waals surface area contributed by atoms with Crippen LogP contribution < -0.4 is 0 Å². The minimum atomic E-state index is 0.489. The van der Waals surface area contributed by atoms with Crippen LogP contribution >= 0.6 is 0 Å². The Bertz CT molecular complexity index is 515. The van der Waals surface area contributed by atoms with Gasteiger partial charge in [-0.15, -0.1) is 0 Å². The summed E-state index contributed by atoms with van der Waals surface area (Å²) in [5, 5.41) is 1.25. The predicted octanol–water partition coefficient (Wildman–Crippen LogP) is 3.05. The van der Waals surface area contributed by atoms with Crippen molar-refractivity contribution in [3.05, 3.63) is 41.6 Å². The van der Waals surface area contributed by atoms with E-state index in [1.54, 1.807) is 0 Å². The summed E-state index contributed by atoms with van der Waals surface area (Å²) in [4.78, 5) is 4.74. The molecule has 0 bridgehead atoms. The van der Waals surface area contributed by atoms with Crippen molar-refractivity contribution in [2.45, 2.75) is 19.3 Å². The van der Waals surface area contributed by atoms with Crippen molar-refractivity contribution in [1.29, 1.82) is 0 Å². The third kappa shape index (κ3) is 1.59. The lowest BCUT2D eigenvalue weighted by Gasteiger charge is -2.10. The number of nitrogens with zero attached hydrogens (tertiary/aromatic N) is 1. The van der Waals surface area contributed by atoms with Gasteiger partial charge in [-0.1, -0.05) is 18.2 Å². The van der Waals surface area contributed by atoms with Gasteiger partial charge in [-0.2, -0.15) is 0 Å². The molecule has 1 aliphatic heterocycles. The van der Waals surface area contributed by atoms with E-state index in [1.807, 2.05) is 6.07 Å². The highest BCUT2D eigenvalue weighted by Crippen LogP contribution is 2.27. The number of ether oxygens (including phenoxy) is 1. The Hall–Kier alpha value is -1.41. The summed E-state index contributed by atoms with van der Waals surface area (Å²) in [6.07, 6.45) is 1.10. The molecule has 0 saturated carbocycles. The second-order valence-electron chi connectivity index (χ2n) is 4.44. The highest BCUT2D eigenvalue weighted by molar-refractivity contribution is 5.82. The summed E-state index contributed by atoms with van der Waals surface area (Å²) < 4.78 is 5.42. The monoisotopic (exact) mass is 213 g/mol. The molecule has 0 amide bonds. The SMILES string of the molecule is Cc1cc(C2CCOC2)nc2ccccc12. The standard InChI is InChI=1S/C14H15NO/c1-10-8-14(11-6-7-16-9-11)15-13-5-3-2-4-12(10)13/h2-5,8,11H,6-7,9H2,1H3. The van der Waals surface area contributed by atoms with E-state index in [4.69, 9.17) is 9.72 Å². The Labute approximate surface area is 95.3 Å². The van der Waals surface area contributed by atoms with Crippen LogP contribution in [-0.2, 0) is 4.74 Å². The van der Waals surface area contributed by atoms with Crippen molar-refractivity contribution < 1.29 is 4.74 Å². The molecule has 0 N–H and O–H groups in total. The van der Waals surface area contributed by atoms with Crippen LogP contribution in [0.25, 0.3) is 10.9 Å². The van der Waals surface area contributed by atoms with E-state index < -0.39 is 0 Å². The molecule has 1 saturated heterocycles. The molecule has 1 aromatic heterocycles. The number of hydrogen-bond acceptors (Lipinski definition) is 2. The highest BCUT2D eigenvalue weighted by atomic mass is 16.5. The second-order valence-corrected chi connectivity index (χ2v) is 4.44. The van der Waals surface area contributed by atoms with Crippen molar-refractivity contribution >= 4 is 10.9 Å². The van der Waals surface area contributed by atoms with Crippen molar-refractivity contribution in [3.8, 4) is 0 Å². The first-order valence-corrected chi connectivity index (χ1v) is 5.78. The molecule has 2 heterocycles. The minimum absolute atomic E-state index is 0.489. The number of hydrogen-bond donors (Lipinski definition) is 0. The van der Waals surface area contributed by atoms with Crippen LogP contribution in [0.15, 0.2) is 30.3 Å². The quantitative estimate of drug-likeness (QED) is 0.726. The Morgan fingerprint density at radius 3 is 3.00 bits per heavy atom. The number of rotatable bonds is 1. The van der Waals surface area contributed by atoms with Crippen LogP contribution in [0.3, 0.4) is 0 Å². The number of aromatic nitrogens is 1. The zero-order valence-corrected chi connectivity index (χ0v) is 9.44. The molecule has 0 spiro atoms. The Balaban J connectivity index is 2.13. The zero-order chi connectivity index (χ0) is 11.0. The molecule has 1 aliphatic rings. The number of para-hydroxylation sites is 1. The Morgan fingerprint density at radius 1 is 1.31 bits per heavy atom. The summed E-state index contributed by atoms with van der Waals surface area (Å²) in [5.74, 6) is 0.489. The van der Waals surface area contributed by atoms with E-state index in [0.29, 0.717) is 5.92 Å². The molecule has 2 heteroatoms. The normalized spacial score (nSPS) is 20.4. The summed E-state index contributed by atoms with van der Waals surface area (Å²) in [6, 6.07) is 10.5. The number of pyridine rings is 1. The van der Waals surface area contributed by atoms with Crippen LogP contribution in [0, 0.1) is 6.92 Å². The summed E-state index contributed by atoms with van der Waals surface area (Å²) in [6.45, 7) is 3.85. The molecule has 1 atom stereocenters. The minimum Gasteiger partial charge on any atom is -0.381 e. The molecule has 3 rings (SSSR count). The molecule has 1 fully saturated rings. The molecular weight excluding hydrogens is 198 g/mol. The lowest BCUT2D eigenvalue weighted by Crippen LogP contribution is -2.01. The van der Waals surface area contributed by atoms with Gasteiger partial charge in [-0.25, -0.2) is 0 Å². The number of benzene rings is 1. The lowest BCUT2D eigenvalue weighted by molar-refractivity contribution is 0.193. The number of aryl methyl sites for hydroxylation is 1. The Kier molecular flexibility index (Phi) is 2.37. The van der Waals surface area contributed by atoms with Gasteiger partial charge in [0.1, 0.15) is 0 Å².